The van der Waals surface area contributed by atoms with E-state index >= 15 is 0 Å². The van der Waals surface area contributed by atoms with Gasteiger partial charge in [-0.3, -0.25) is 0 Å². The number of fused-ring (bicyclic) bond motifs is 1. The fraction of sp³-hybridized carbons (Fsp3) is 0.200. The van der Waals surface area contributed by atoms with Gasteiger partial charge in [-0.15, -0.1) is 0 Å². The molecule has 78 valence electrons. The molecule has 0 atom stereocenters. The van der Waals surface area contributed by atoms with E-state index < -0.39 is 0 Å². The molecule has 0 aliphatic rings. The van der Waals surface area contributed by atoms with Crippen LogP contribution >= 0.6 is 11.6 Å². The van der Waals surface area contributed by atoms with Crippen LogP contribution in [0, 0.1) is 0 Å². The number of nitrogens with zero attached hydrogens (tertiary/aromatic N) is 2. The molecule has 1 aromatic heterocycles. The monoisotopic (exact) mass is 222 g/mol. The van der Waals surface area contributed by atoms with E-state index in [2.05, 4.69) is 15.3 Å². The fourth-order valence-electron chi connectivity index (χ4n) is 1.50. The Balaban J connectivity index is 2.74. The minimum atomic E-state index is 0.251. The topological polar surface area (TPSA) is 63.8 Å². The predicted molar refractivity (Wildman–Crippen MR) is 61.7 cm³/mol. The minimum Gasteiger partial charge on any atom is -0.368 e. The summed E-state index contributed by atoms with van der Waals surface area (Å²) in [4.78, 5) is 8.30. The molecule has 2 aromatic rings. The zero-order valence-electron chi connectivity index (χ0n) is 8.29. The molecular weight excluding hydrogens is 212 g/mol. The average Bonchev–Trinajstić information content (AvgIpc) is 2.20. The average molecular weight is 223 g/mol. The lowest BCUT2D eigenvalue weighted by Crippen LogP contribution is -2.09. The van der Waals surface area contributed by atoms with Gasteiger partial charge in [0.15, 0.2) is 0 Å². The number of aromatic nitrogens is 2. The Kier molecular flexibility index (Phi) is 2.70. The van der Waals surface area contributed by atoms with E-state index in [-0.39, 0.29) is 5.95 Å². The van der Waals surface area contributed by atoms with E-state index in [4.69, 9.17) is 17.3 Å². The summed E-state index contributed by atoms with van der Waals surface area (Å²) in [5.41, 5.74) is 7.18. The lowest BCUT2D eigenvalue weighted by atomic mass is 10.2. The number of hydrogen-bond acceptors (Lipinski definition) is 4. The summed E-state index contributed by atoms with van der Waals surface area (Å²) in [5.74, 6) is 0.251. The molecule has 0 aliphatic heterocycles. The third kappa shape index (κ3) is 1.86. The van der Waals surface area contributed by atoms with Gasteiger partial charge in [0, 0.05) is 11.9 Å². The third-order valence-electron chi connectivity index (χ3n) is 2.12. The molecule has 1 heterocycles. The molecule has 0 spiro atoms. The number of benzene rings is 1. The quantitative estimate of drug-likeness (QED) is 0.810. The Morgan fingerprint density at radius 3 is 2.93 bits per heavy atom. The molecule has 4 nitrogen and oxygen atoms in total. The van der Waals surface area contributed by atoms with Crippen molar-refractivity contribution in [3.63, 3.8) is 0 Å². The number of rotatable bonds is 2. The molecule has 0 amide bonds. The largest absolute Gasteiger partial charge is 0.368 e. The third-order valence-corrected chi connectivity index (χ3v) is 2.42. The normalized spacial score (nSPS) is 10.8. The standard InChI is InChI=1S/C10H11ClN4/c1-13-5-8-6-3-2-4-7(11)9(6)15-10(12)14-8/h2-4,13H,5H2,1H3,(H2,12,14,15). The van der Waals surface area contributed by atoms with Crippen molar-refractivity contribution in [3.8, 4) is 0 Å². The van der Waals surface area contributed by atoms with Gasteiger partial charge in [0.25, 0.3) is 0 Å². The molecule has 0 fully saturated rings. The van der Waals surface area contributed by atoms with Crippen LogP contribution in [-0.2, 0) is 6.54 Å². The number of para-hydroxylation sites is 1. The molecule has 5 heteroatoms. The molecule has 0 unspecified atom stereocenters. The zero-order valence-corrected chi connectivity index (χ0v) is 9.04. The summed E-state index contributed by atoms with van der Waals surface area (Å²) in [5, 5.41) is 4.57. The zero-order chi connectivity index (χ0) is 10.8. The first-order chi connectivity index (χ1) is 7.22. The SMILES string of the molecule is CNCc1nc(N)nc2c(Cl)cccc12. The van der Waals surface area contributed by atoms with Crippen molar-refractivity contribution in [2.24, 2.45) is 0 Å². The van der Waals surface area contributed by atoms with Crippen molar-refractivity contribution < 1.29 is 0 Å². The van der Waals surface area contributed by atoms with E-state index in [0.717, 1.165) is 11.1 Å². The van der Waals surface area contributed by atoms with Crippen molar-refractivity contribution >= 4 is 28.5 Å². The van der Waals surface area contributed by atoms with Gasteiger partial charge >= 0.3 is 0 Å². The van der Waals surface area contributed by atoms with E-state index in [9.17, 15) is 0 Å². The number of hydrogen-bond donors (Lipinski definition) is 2. The molecule has 0 bridgehead atoms. The lowest BCUT2D eigenvalue weighted by Gasteiger charge is -2.06. The molecule has 15 heavy (non-hydrogen) atoms. The summed E-state index contributed by atoms with van der Waals surface area (Å²) >= 11 is 6.03. The van der Waals surface area contributed by atoms with Gasteiger partial charge < -0.3 is 11.1 Å². The molecule has 2 rings (SSSR count). The summed E-state index contributed by atoms with van der Waals surface area (Å²) in [7, 11) is 1.86. The van der Waals surface area contributed by atoms with Gasteiger partial charge in [-0.05, 0) is 13.1 Å². The highest BCUT2D eigenvalue weighted by Crippen LogP contribution is 2.23. The smallest absolute Gasteiger partial charge is 0.220 e. The maximum absolute atomic E-state index is 6.03. The van der Waals surface area contributed by atoms with E-state index in [0.29, 0.717) is 17.1 Å². The first-order valence-corrected chi connectivity index (χ1v) is 4.95. The van der Waals surface area contributed by atoms with Gasteiger partial charge in [0.1, 0.15) is 0 Å². The summed E-state index contributed by atoms with van der Waals surface area (Å²) < 4.78 is 0. The van der Waals surface area contributed by atoms with Crippen molar-refractivity contribution in [1.29, 1.82) is 0 Å². The molecule has 3 N–H and O–H groups in total. The highest BCUT2D eigenvalue weighted by atomic mass is 35.5. The lowest BCUT2D eigenvalue weighted by molar-refractivity contribution is 0.797. The summed E-state index contributed by atoms with van der Waals surface area (Å²) in [6, 6.07) is 5.61. The van der Waals surface area contributed by atoms with Crippen LogP contribution in [0.2, 0.25) is 5.02 Å². The number of anilines is 1. The Labute approximate surface area is 92.5 Å². The van der Waals surface area contributed by atoms with Crippen LogP contribution in [-0.4, -0.2) is 17.0 Å². The minimum absolute atomic E-state index is 0.251. The molecular formula is C10H11ClN4. The first-order valence-electron chi connectivity index (χ1n) is 4.57. The van der Waals surface area contributed by atoms with Crippen LogP contribution in [0.15, 0.2) is 18.2 Å². The van der Waals surface area contributed by atoms with Crippen molar-refractivity contribution in [2.45, 2.75) is 6.54 Å². The molecule has 1 aromatic carbocycles. The van der Waals surface area contributed by atoms with Crippen LogP contribution in [0.1, 0.15) is 5.69 Å². The summed E-state index contributed by atoms with van der Waals surface area (Å²) in [6.45, 7) is 0.642. The van der Waals surface area contributed by atoms with Crippen LogP contribution in [0.5, 0.6) is 0 Å². The van der Waals surface area contributed by atoms with Gasteiger partial charge in [-0.1, -0.05) is 23.7 Å². The molecule has 0 radical (unpaired) electrons. The van der Waals surface area contributed by atoms with Crippen LogP contribution < -0.4 is 11.1 Å². The Morgan fingerprint density at radius 1 is 1.40 bits per heavy atom. The number of nitrogen functional groups attached to an aromatic ring is 1. The highest BCUT2D eigenvalue weighted by Gasteiger charge is 2.07. The van der Waals surface area contributed by atoms with Crippen molar-refractivity contribution in [1.82, 2.24) is 15.3 Å². The second-order valence-corrected chi connectivity index (χ2v) is 3.60. The van der Waals surface area contributed by atoms with Crippen LogP contribution in [0.4, 0.5) is 5.95 Å². The highest BCUT2D eigenvalue weighted by molar-refractivity contribution is 6.35. The first kappa shape index (κ1) is 10.1. The van der Waals surface area contributed by atoms with Gasteiger partial charge in [-0.25, -0.2) is 9.97 Å². The van der Waals surface area contributed by atoms with Crippen molar-refractivity contribution in [2.75, 3.05) is 12.8 Å². The second kappa shape index (κ2) is 4.00. The Bertz CT molecular complexity index is 498. The molecule has 0 aliphatic carbocycles. The predicted octanol–water partition coefficient (Wildman–Crippen LogP) is 1.58. The van der Waals surface area contributed by atoms with E-state index in [1.165, 1.54) is 0 Å². The van der Waals surface area contributed by atoms with Crippen LogP contribution in [0.3, 0.4) is 0 Å². The number of nitrogens with one attached hydrogen (secondary N) is 1. The fourth-order valence-corrected chi connectivity index (χ4v) is 1.72. The Hall–Kier alpha value is -1.39. The van der Waals surface area contributed by atoms with E-state index in [1.54, 1.807) is 6.07 Å². The van der Waals surface area contributed by atoms with E-state index in [1.807, 2.05) is 19.2 Å². The van der Waals surface area contributed by atoms with Crippen molar-refractivity contribution in [3.05, 3.63) is 28.9 Å². The second-order valence-electron chi connectivity index (χ2n) is 3.19. The Morgan fingerprint density at radius 2 is 2.20 bits per heavy atom. The maximum atomic E-state index is 6.03. The van der Waals surface area contributed by atoms with Crippen LogP contribution in [0.25, 0.3) is 10.9 Å². The van der Waals surface area contributed by atoms with Gasteiger partial charge in [0.2, 0.25) is 5.95 Å². The molecule has 0 saturated heterocycles. The van der Waals surface area contributed by atoms with Gasteiger partial charge in [-0.2, -0.15) is 0 Å². The summed E-state index contributed by atoms with van der Waals surface area (Å²) in [6.07, 6.45) is 0. The number of nitrogens with two attached hydrogens (primary N) is 1. The maximum Gasteiger partial charge on any atom is 0.220 e. The van der Waals surface area contributed by atoms with Gasteiger partial charge in [0.05, 0.1) is 16.2 Å². The number of halogens is 1. The molecule has 0 saturated carbocycles.